The Kier molecular flexibility index (Phi) is 4.97. The van der Waals surface area contributed by atoms with Gasteiger partial charge in [-0.1, -0.05) is 36.4 Å². The fraction of sp³-hybridized carbons (Fsp3) is 0.391. The lowest BCUT2D eigenvalue weighted by atomic mass is 9.92. The van der Waals surface area contributed by atoms with Gasteiger partial charge in [-0.25, -0.2) is 5.43 Å². The van der Waals surface area contributed by atoms with Crippen molar-refractivity contribution in [1.82, 2.24) is 5.43 Å². The van der Waals surface area contributed by atoms with Crippen LogP contribution >= 0.6 is 0 Å². The average Bonchev–Trinajstić information content (AvgIpc) is 3.45. The second kappa shape index (κ2) is 7.55. The fourth-order valence-corrected chi connectivity index (χ4v) is 4.53. The molecule has 4 rings (SSSR count). The molecule has 0 unspecified atom stereocenters. The van der Waals surface area contributed by atoms with Gasteiger partial charge >= 0.3 is 0 Å². The molecule has 2 aromatic carbocycles. The molecule has 0 bridgehead atoms. The third-order valence-electron chi connectivity index (χ3n) is 6.04. The summed E-state index contributed by atoms with van der Waals surface area (Å²) in [5.41, 5.74) is 7.73. The van der Waals surface area contributed by atoms with Crippen LogP contribution in [0.25, 0.3) is 0 Å². The van der Waals surface area contributed by atoms with Crippen molar-refractivity contribution in [2.24, 2.45) is 16.9 Å². The lowest BCUT2D eigenvalue weighted by Gasteiger charge is -2.20. The van der Waals surface area contributed by atoms with Crippen LogP contribution < -0.4 is 10.3 Å². The highest BCUT2D eigenvalue weighted by atomic mass is 16.2. The van der Waals surface area contributed by atoms with E-state index in [0.717, 1.165) is 31.5 Å². The number of aryl methyl sites for hydroxylation is 1. The van der Waals surface area contributed by atoms with Gasteiger partial charge in [0, 0.05) is 18.8 Å². The predicted octanol–water partition coefficient (Wildman–Crippen LogP) is 3.96. The highest BCUT2D eigenvalue weighted by Crippen LogP contribution is 2.59. The molecule has 1 amide bonds. The van der Waals surface area contributed by atoms with Gasteiger partial charge in [-0.2, -0.15) is 5.10 Å². The van der Waals surface area contributed by atoms with Gasteiger partial charge in [-0.05, 0) is 67.3 Å². The van der Waals surface area contributed by atoms with Crippen LogP contribution in [-0.4, -0.2) is 25.2 Å². The van der Waals surface area contributed by atoms with Gasteiger partial charge in [0.25, 0.3) is 0 Å². The quantitative estimate of drug-likeness (QED) is 0.625. The average molecular weight is 361 g/mol. The number of fused-ring (bicyclic) bond motifs is 3. The Morgan fingerprint density at radius 3 is 2.63 bits per heavy atom. The molecule has 4 nitrogen and oxygen atoms in total. The monoisotopic (exact) mass is 361 g/mol. The third-order valence-corrected chi connectivity index (χ3v) is 6.04. The summed E-state index contributed by atoms with van der Waals surface area (Å²) in [5, 5.41) is 4.19. The van der Waals surface area contributed by atoms with Crippen molar-refractivity contribution in [2.45, 2.75) is 32.6 Å². The number of carbonyl (C=O) groups is 1. The number of nitrogens with zero attached hydrogens (tertiary/aromatic N) is 2. The Balaban J connectivity index is 1.35. The smallest absolute Gasteiger partial charge is 0.244 e. The number of carbonyl (C=O) groups excluding carboxylic acids is 1. The van der Waals surface area contributed by atoms with Crippen LogP contribution in [-0.2, 0) is 11.2 Å². The van der Waals surface area contributed by atoms with E-state index in [2.05, 4.69) is 65.7 Å². The molecule has 2 aliphatic carbocycles. The molecule has 0 spiro atoms. The van der Waals surface area contributed by atoms with Gasteiger partial charge in [0.2, 0.25) is 5.91 Å². The SMILES string of the molecule is CCN(CC)c1ccc(/C=N\NC(=O)[C@H]2[C@@H]3CCc4ccccc4[C@@H]32)cc1. The number of amides is 1. The highest BCUT2D eigenvalue weighted by Gasteiger charge is 2.56. The molecule has 1 saturated carbocycles. The molecule has 3 atom stereocenters. The minimum Gasteiger partial charge on any atom is -0.372 e. The first-order chi connectivity index (χ1) is 13.2. The number of hydrogen-bond acceptors (Lipinski definition) is 3. The second-order valence-electron chi connectivity index (χ2n) is 7.45. The van der Waals surface area contributed by atoms with Gasteiger partial charge in [-0.3, -0.25) is 4.79 Å². The zero-order valence-electron chi connectivity index (χ0n) is 16.1. The zero-order chi connectivity index (χ0) is 18.8. The Hall–Kier alpha value is -2.62. The molecule has 4 heteroatoms. The number of hydrogen-bond donors (Lipinski definition) is 1. The summed E-state index contributed by atoms with van der Waals surface area (Å²) in [6.45, 7) is 6.30. The number of anilines is 1. The first-order valence-electron chi connectivity index (χ1n) is 9.98. The van der Waals surface area contributed by atoms with Crippen molar-refractivity contribution < 1.29 is 4.79 Å². The van der Waals surface area contributed by atoms with Gasteiger partial charge in [0.15, 0.2) is 0 Å². The van der Waals surface area contributed by atoms with Crippen LogP contribution in [0, 0.1) is 11.8 Å². The second-order valence-corrected chi connectivity index (χ2v) is 7.45. The minimum absolute atomic E-state index is 0.0534. The summed E-state index contributed by atoms with van der Waals surface area (Å²) in [6.07, 6.45) is 3.92. The van der Waals surface area contributed by atoms with E-state index in [1.807, 2.05) is 12.1 Å². The van der Waals surface area contributed by atoms with Crippen molar-refractivity contribution in [2.75, 3.05) is 18.0 Å². The normalized spacial score (nSPS) is 22.8. The molecule has 0 heterocycles. The molecule has 27 heavy (non-hydrogen) atoms. The lowest BCUT2D eigenvalue weighted by molar-refractivity contribution is -0.122. The van der Waals surface area contributed by atoms with Crippen molar-refractivity contribution in [3.63, 3.8) is 0 Å². The first-order valence-corrected chi connectivity index (χ1v) is 9.98. The largest absolute Gasteiger partial charge is 0.372 e. The number of hydrazone groups is 1. The van der Waals surface area contributed by atoms with E-state index >= 15 is 0 Å². The molecular formula is C23H27N3O. The topological polar surface area (TPSA) is 44.7 Å². The summed E-state index contributed by atoms with van der Waals surface area (Å²) in [5.74, 6) is 1.01. The minimum atomic E-state index is 0.0534. The molecule has 1 N–H and O–H groups in total. The van der Waals surface area contributed by atoms with Gasteiger partial charge in [-0.15, -0.1) is 0 Å². The van der Waals surface area contributed by atoms with Crippen LogP contribution in [0.1, 0.15) is 42.9 Å². The summed E-state index contributed by atoms with van der Waals surface area (Å²) < 4.78 is 0. The molecular weight excluding hydrogens is 334 g/mol. The molecule has 0 radical (unpaired) electrons. The van der Waals surface area contributed by atoms with Crippen LogP contribution in [0.5, 0.6) is 0 Å². The van der Waals surface area contributed by atoms with E-state index in [-0.39, 0.29) is 11.8 Å². The Morgan fingerprint density at radius 2 is 1.89 bits per heavy atom. The number of benzene rings is 2. The van der Waals surface area contributed by atoms with Crippen LogP contribution in [0.4, 0.5) is 5.69 Å². The van der Waals surface area contributed by atoms with Crippen molar-refractivity contribution >= 4 is 17.8 Å². The third kappa shape index (κ3) is 3.48. The molecule has 0 aromatic heterocycles. The van der Waals surface area contributed by atoms with Gasteiger partial charge in [0.05, 0.1) is 12.1 Å². The maximum atomic E-state index is 12.6. The van der Waals surface area contributed by atoms with Crippen LogP contribution in [0.3, 0.4) is 0 Å². The van der Waals surface area contributed by atoms with Crippen molar-refractivity contribution in [3.8, 4) is 0 Å². The summed E-state index contributed by atoms with van der Waals surface area (Å²) in [7, 11) is 0. The molecule has 1 fully saturated rings. The van der Waals surface area contributed by atoms with E-state index < -0.39 is 0 Å². The van der Waals surface area contributed by atoms with Crippen molar-refractivity contribution in [1.29, 1.82) is 0 Å². The fourth-order valence-electron chi connectivity index (χ4n) is 4.53. The van der Waals surface area contributed by atoms with E-state index in [9.17, 15) is 4.79 Å². The molecule has 2 aliphatic rings. The molecule has 140 valence electrons. The highest BCUT2D eigenvalue weighted by molar-refractivity contribution is 5.86. The van der Waals surface area contributed by atoms with E-state index in [1.54, 1.807) is 6.21 Å². The van der Waals surface area contributed by atoms with E-state index in [1.165, 1.54) is 16.8 Å². The summed E-state index contributed by atoms with van der Waals surface area (Å²) in [4.78, 5) is 14.9. The molecule has 0 saturated heterocycles. The van der Waals surface area contributed by atoms with Crippen LogP contribution in [0.2, 0.25) is 0 Å². The number of nitrogens with one attached hydrogen (secondary N) is 1. The molecule has 0 aliphatic heterocycles. The van der Waals surface area contributed by atoms with Crippen LogP contribution in [0.15, 0.2) is 53.6 Å². The maximum absolute atomic E-state index is 12.6. The number of rotatable bonds is 6. The van der Waals surface area contributed by atoms with E-state index in [0.29, 0.717) is 11.8 Å². The summed E-state index contributed by atoms with van der Waals surface area (Å²) >= 11 is 0. The van der Waals surface area contributed by atoms with E-state index in [4.69, 9.17) is 0 Å². The maximum Gasteiger partial charge on any atom is 0.244 e. The van der Waals surface area contributed by atoms with Gasteiger partial charge in [0.1, 0.15) is 0 Å². The lowest BCUT2D eigenvalue weighted by Crippen LogP contribution is -2.21. The van der Waals surface area contributed by atoms with Crippen molar-refractivity contribution in [3.05, 3.63) is 65.2 Å². The Bertz CT molecular complexity index is 839. The Morgan fingerprint density at radius 1 is 1.15 bits per heavy atom. The summed E-state index contributed by atoms with van der Waals surface area (Å²) in [6, 6.07) is 16.8. The molecule has 2 aromatic rings. The zero-order valence-corrected chi connectivity index (χ0v) is 16.1. The standard InChI is InChI=1S/C23H27N3O/c1-3-26(4-2)18-12-9-16(10-13-18)15-24-25-23(27)22-20-14-11-17-7-5-6-8-19(17)21(20)22/h5-10,12-13,15,20-22H,3-4,11,14H2,1-2H3,(H,25,27)/b24-15-/t20-,21+,22+/m1/s1. The first kappa shape index (κ1) is 17.8. The van der Waals surface area contributed by atoms with Gasteiger partial charge < -0.3 is 4.90 Å². The predicted molar refractivity (Wildman–Crippen MR) is 110 cm³/mol. The Labute approximate surface area is 161 Å².